The average Bonchev–Trinajstić information content (AvgIpc) is 2.52. The van der Waals surface area contributed by atoms with Crippen molar-refractivity contribution in [2.45, 2.75) is 26.3 Å². The molecule has 1 rings (SSSR count). The van der Waals surface area contributed by atoms with Crippen molar-refractivity contribution in [3.8, 4) is 0 Å². The van der Waals surface area contributed by atoms with Crippen molar-refractivity contribution >= 4 is 11.9 Å². The van der Waals surface area contributed by atoms with Gasteiger partial charge < -0.3 is 11.1 Å². The Labute approximate surface area is 81.7 Å². The summed E-state index contributed by atoms with van der Waals surface area (Å²) in [4.78, 5) is 12.4. The molecule has 0 unspecified atom stereocenters. The van der Waals surface area contributed by atoms with Gasteiger partial charge in [0.15, 0.2) is 0 Å². The summed E-state index contributed by atoms with van der Waals surface area (Å²) in [6.07, 6.45) is 2.02. The number of hydrogen-bond acceptors (Lipinski definition) is 5. The first-order valence-electron chi connectivity index (χ1n) is 4.52. The summed E-state index contributed by atoms with van der Waals surface area (Å²) in [6.45, 7) is 2.80. The highest BCUT2D eigenvalue weighted by molar-refractivity contribution is 5.75. The van der Waals surface area contributed by atoms with E-state index in [4.69, 9.17) is 5.73 Å². The molecule has 0 spiro atoms. The van der Waals surface area contributed by atoms with Crippen molar-refractivity contribution in [3.63, 3.8) is 0 Å². The zero-order valence-electron chi connectivity index (χ0n) is 8.10. The van der Waals surface area contributed by atoms with Crippen LogP contribution < -0.4 is 11.1 Å². The number of anilines is 1. The number of nitrogen functional groups attached to an aromatic ring is 1. The van der Waals surface area contributed by atoms with Gasteiger partial charge in [-0.05, 0) is 11.6 Å². The van der Waals surface area contributed by atoms with Crippen LogP contribution in [0.1, 0.15) is 19.8 Å². The third-order valence-corrected chi connectivity index (χ3v) is 1.61. The number of aromatic nitrogens is 4. The monoisotopic (exact) mass is 198 g/mol. The minimum atomic E-state index is -0.129. The second kappa shape index (κ2) is 5.15. The standard InChI is InChI=1S/C7H14N6O/c1-2-3-4-9-6(14)5-13-11-7(8)10-12-13/h2-5H2,1H3,(H2,8,11)(H,9,14). The molecule has 0 aliphatic heterocycles. The molecular formula is C7H14N6O. The van der Waals surface area contributed by atoms with Crippen LogP contribution in [0, 0.1) is 0 Å². The smallest absolute Gasteiger partial charge is 0.260 e. The summed E-state index contributed by atoms with van der Waals surface area (Å²) in [7, 11) is 0. The summed E-state index contributed by atoms with van der Waals surface area (Å²) >= 11 is 0. The molecule has 1 aromatic rings. The number of nitrogens with one attached hydrogen (secondary N) is 1. The fourth-order valence-electron chi connectivity index (χ4n) is 0.912. The van der Waals surface area contributed by atoms with Gasteiger partial charge in [0.1, 0.15) is 6.54 Å². The van der Waals surface area contributed by atoms with E-state index in [1.54, 1.807) is 0 Å². The Kier molecular flexibility index (Phi) is 3.84. The third-order valence-electron chi connectivity index (χ3n) is 1.61. The molecular weight excluding hydrogens is 184 g/mol. The number of amides is 1. The van der Waals surface area contributed by atoms with Crippen molar-refractivity contribution in [2.24, 2.45) is 0 Å². The molecule has 1 heterocycles. The van der Waals surface area contributed by atoms with Gasteiger partial charge in [-0.15, -0.1) is 5.10 Å². The predicted octanol–water partition coefficient (Wildman–Crippen LogP) is -0.828. The Morgan fingerprint density at radius 1 is 1.64 bits per heavy atom. The summed E-state index contributed by atoms with van der Waals surface area (Å²) in [5.74, 6) is -0.0535. The van der Waals surface area contributed by atoms with Gasteiger partial charge in [-0.2, -0.15) is 4.80 Å². The Morgan fingerprint density at radius 3 is 3.00 bits per heavy atom. The van der Waals surface area contributed by atoms with E-state index in [2.05, 4.69) is 27.7 Å². The van der Waals surface area contributed by atoms with E-state index in [-0.39, 0.29) is 18.4 Å². The first kappa shape index (κ1) is 10.4. The van der Waals surface area contributed by atoms with Gasteiger partial charge in [-0.3, -0.25) is 4.79 Å². The molecule has 1 amide bonds. The Bertz CT molecular complexity index is 296. The molecule has 14 heavy (non-hydrogen) atoms. The molecule has 0 aliphatic rings. The maximum Gasteiger partial charge on any atom is 0.260 e. The van der Waals surface area contributed by atoms with Gasteiger partial charge in [-0.1, -0.05) is 18.4 Å². The van der Waals surface area contributed by atoms with E-state index in [9.17, 15) is 4.79 Å². The van der Waals surface area contributed by atoms with Gasteiger partial charge in [0.05, 0.1) is 0 Å². The summed E-state index contributed by atoms with van der Waals surface area (Å²) < 4.78 is 0. The van der Waals surface area contributed by atoms with Crippen molar-refractivity contribution in [2.75, 3.05) is 12.3 Å². The first-order valence-corrected chi connectivity index (χ1v) is 4.52. The Morgan fingerprint density at radius 2 is 2.43 bits per heavy atom. The highest BCUT2D eigenvalue weighted by atomic mass is 16.2. The normalized spacial score (nSPS) is 10.1. The summed E-state index contributed by atoms with van der Waals surface area (Å²) in [5.41, 5.74) is 5.24. The molecule has 0 atom stereocenters. The van der Waals surface area contributed by atoms with Crippen molar-refractivity contribution < 1.29 is 4.79 Å². The highest BCUT2D eigenvalue weighted by Gasteiger charge is 2.04. The lowest BCUT2D eigenvalue weighted by atomic mass is 10.3. The van der Waals surface area contributed by atoms with Crippen molar-refractivity contribution in [3.05, 3.63) is 0 Å². The number of nitrogens with zero attached hydrogens (tertiary/aromatic N) is 4. The topological polar surface area (TPSA) is 98.7 Å². The minimum Gasteiger partial charge on any atom is -0.365 e. The number of tetrazole rings is 1. The van der Waals surface area contributed by atoms with Crippen LogP contribution in [0.15, 0.2) is 0 Å². The molecule has 0 radical (unpaired) electrons. The average molecular weight is 198 g/mol. The van der Waals surface area contributed by atoms with Crippen LogP contribution in [-0.2, 0) is 11.3 Å². The van der Waals surface area contributed by atoms with E-state index in [0.717, 1.165) is 17.6 Å². The third kappa shape index (κ3) is 3.38. The van der Waals surface area contributed by atoms with Crippen LogP contribution in [0.25, 0.3) is 0 Å². The summed E-state index contributed by atoms with van der Waals surface area (Å²) in [5, 5.41) is 13.4. The number of rotatable bonds is 5. The van der Waals surface area contributed by atoms with Crippen LogP contribution in [0.3, 0.4) is 0 Å². The zero-order valence-corrected chi connectivity index (χ0v) is 8.10. The molecule has 3 N–H and O–H groups in total. The van der Waals surface area contributed by atoms with E-state index >= 15 is 0 Å². The predicted molar refractivity (Wildman–Crippen MR) is 50.1 cm³/mol. The molecule has 7 heteroatoms. The largest absolute Gasteiger partial charge is 0.365 e. The van der Waals surface area contributed by atoms with Crippen LogP contribution in [0.2, 0.25) is 0 Å². The van der Waals surface area contributed by atoms with Crippen LogP contribution >= 0.6 is 0 Å². The van der Waals surface area contributed by atoms with E-state index in [0.29, 0.717) is 6.54 Å². The van der Waals surface area contributed by atoms with Crippen molar-refractivity contribution in [1.29, 1.82) is 0 Å². The lowest BCUT2D eigenvalue weighted by molar-refractivity contribution is -0.122. The van der Waals surface area contributed by atoms with Crippen LogP contribution in [0.5, 0.6) is 0 Å². The maximum absolute atomic E-state index is 11.2. The number of carbonyl (C=O) groups is 1. The van der Waals surface area contributed by atoms with Crippen LogP contribution in [0.4, 0.5) is 5.95 Å². The zero-order chi connectivity index (χ0) is 10.4. The molecule has 0 aromatic carbocycles. The molecule has 0 bridgehead atoms. The van der Waals surface area contributed by atoms with E-state index in [1.165, 1.54) is 0 Å². The lowest BCUT2D eigenvalue weighted by Crippen LogP contribution is -2.29. The SMILES string of the molecule is CCCCNC(=O)Cn1nnc(N)n1. The van der Waals surface area contributed by atoms with Gasteiger partial charge >= 0.3 is 0 Å². The van der Waals surface area contributed by atoms with Gasteiger partial charge in [0.2, 0.25) is 5.91 Å². The Balaban J connectivity index is 2.27. The fourth-order valence-corrected chi connectivity index (χ4v) is 0.912. The quantitative estimate of drug-likeness (QED) is 0.602. The van der Waals surface area contributed by atoms with E-state index in [1.807, 2.05) is 0 Å². The number of hydrogen-bond donors (Lipinski definition) is 2. The first-order chi connectivity index (χ1) is 6.72. The van der Waals surface area contributed by atoms with Gasteiger partial charge in [-0.25, -0.2) is 0 Å². The Hall–Kier alpha value is -1.66. The van der Waals surface area contributed by atoms with Gasteiger partial charge in [0.25, 0.3) is 5.95 Å². The molecule has 7 nitrogen and oxygen atoms in total. The number of unbranched alkanes of at least 4 members (excludes halogenated alkanes) is 1. The second-order valence-corrected chi connectivity index (χ2v) is 2.88. The number of nitrogens with two attached hydrogens (primary N) is 1. The van der Waals surface area contributed by atoms with Crippen LogP contribution in [-0.4, -0.2) is 32.7 Å². The van der Waals surface area contributed by atoms with Crippen molar-refractivity contribution in [1.82, 2.24) is 25.5 Å². The second-order valence-electron chi connectivity index (χ2n) is 2.88. The maximum atomic E-state index is 11.2. The lowest BCUT2D eigenvalue weighted by Gasteiger charge is -2.01. The molecule has 0 saturated heterocycles. The molecule has 0 aliphatic carbocycles. The van der Waals surface area contributed by atoms with E-state index < -0.39 is 0 Å². The molecule has 78 valence electrons. The highest BCUT2D eigenvalue weighted by Crippen LogP contribution is 1.86. The molecule has 1 aromatic heterocycles. The summed E-state index contributed by atoms with van der Waals surface area (Å²) in [6, 6.07) is 0. The molecule has 0 saturated carbocycles. The molecule has 0 fully saturated rings. The number of carbonyl (C=O) groups excluding carboxylic acids is 1. The fraction of sp³-hybridized carbons (Fsp3) is 0.714. The minimum absolute atomic E-state index is 0.0634. The van der Waals surface area contributed by atoms with Gasteiger partial charge in [0, 0.05) is 6.54 Å².